The summed E-state index contributed by atoms with van der Waals surface area (Å²) >= 11 is 0. The van der Waals surface area contributed by atoms with Gasteiger partial charge in [0.15, 0.2) is 5.82 Å². The summed E-state index contributed by atoms with van der Waals surface area (Å²) in [6.45, 7) is 0. The molecule has 11 aromatic carbocycles. The molecule has 0 bridgehead atoms. The zero-order valence-electron chi connectivity index (χ0n) is 35.0. The summed E-state index contributed by atoms with van der Waals surface area (Å²) in [7, 11) is 0. The van der Waals surface area contributed by atoms with Gasteiger partial charge < -0.3 is 0 Å². The molecule has 0 radical (unpaired) electrons. The summed E-state index contributed by atoms with van der Waals surface area (Å²) in [5, 5.41) is 10.0. The predicted molar refractivity (Wildman–Crippen MR) is 270 cm³/mol. The van der Waals surface area contributed by atoms with Gasteiger partial charge in [0.05, 0.1) is 11.4 Å². The van der Waals surface area contributed by atoms with E-state index in [0.29, 0.717) is 5.82 Å². The lowest BCUT2D eigenvalue weighted by atomic mass is 9.89. The van der Waals surface area contributed by atoms with Crippen LogP contribution in [0.15, 0.2) is 243 Å². The number of benzene rings is 11. The van der Waals surface area contributed by atoms with Gasteiger partial charge in [0.25, 0.3) is 0 Å². The maximum atomic E-state index is 5.22. The zero-order valence-corrected chi connectivity index (χ0v) is 35.0. The Morgan fingerprint density at radius 1 is 0.203 bits per heavy atom. The minimum atomic E-state index is 0.691. The van der Waals surface area contributed by atoms with Crippen LogP contribution in [-0.4, -0.2) is 9.97 Å². The maximum Gasteiger partial charge on any atom is 0.160 e. The summed E-state index contributed by atoms with van der Waals surface area (Å²) in [5.41, 5.74) is 14.3. The first-order chi connectivity index (χ1) is 31.7. The molecule has 0 spiro atoms. The first kappa shape index (κ1) is 37.3. The van der Waals surface area contributed by atoms with E-state index in [4.69, 9.17) is 9.97 Å². The fourth-order valence-electron chi connectivity index (χ4n) is 9.35. The topological polar surface area (TPSA) is 25.8 Å². The molecule has 0 amide bonds. The van der Waals surface area contributed by atoms with Gasteiger partial charge in [-0.25, -0.2) is 9.97 Å². The standard InChI is InChI=1S/C62H40N2/c1-3-12-41(13-4-1)43-22-26-46(27-23-43)59-40-60(53-19-11-18-48(37-53)42-14-5-2-6-15-42)64-62(63-59)47-28-24-44(25-29-47)49-30-31-51-38-54(33-32-50(51)36-49)61-56-21-10-8-17-52(56)39-58-55-20-9-7-16-45(55)34-35-57(58)61/h1-40H. The molecule has 0 saturated carbocycles. The van der Waals surface area contributed by atoms with Gasteiger partial charge in [0.2, 0.25) is 0 Å². The van der Waals surface area contributed by atoms with Crippen molar-refractivity contribution in [1.29, 1.82) is 0 Å². The Labute approximate surface area is 372 Å². The highest BCUT2D eigenvalue weighted by Gasteiger charge is 2.15. The Morgan fingerprint density at radius 2 is 0.672 bits per heavy atom. The largest absolute Gasteiger partial charge is 0.228 e. The monoisotopic (exact) mass is 812 g/mol. The lowest BCUT2D eigenvalue weighted by Crippen LogP contribution is -1.96. The van der Waals surface area contributed by atoms with Crippen molar-refractivity contribution in [3.63, 3.8) is 0 Å². The predicted octanol–water partition coefficient (Wildman–Crippen LogP) is 16.8. The van der Waals surface area contributed by atoms with Crippen molar-refractivity contribution in [3.8, 4) is 78.4 Å². The van der Waals surface area contributed by atoms with Crippen LogP contribution in [0.5, 0.6) is 0 Å². The average Bonchev–Trinajstić information content (AvgIpc) is 3.38. The van der Waals surface area contributed by atoms with Gasteiger partial charge in [-0.3, -0.25) is 0 Å². The van der Waals surface area contributed by atoms with E-state index < -0.39 is 0 Å². The minimum Gasteiger partial charge on any atom is -0.228 e. The number of hydrogen-bond acceptors (Lipinski definition) is 2. The molecule has 0 unspecified atom stereocenters. The van der Waals surface area contributed by atoms with Crippen molar-refractivity contribution in [2.75, 3.05) is 0 Å². The van der Waals surface area contributed by atoms with Crippen LogP contribution in [0.2, 0.25) is 0 Å². The van der Waals surface area contributed by atoms with Crippen molar-refractivity contribution in [2.45, 2.75) is 0 Å². The Balaban J connectivity index is 0.900. The van der Waals surface area contributed by atoms with Crippen molar-refractivity contribution < 1.29 is 0 Å². The molecule has 298 valence electrons. The van der Waals surface area contributed by atoms with E-state index in [2.05, 4.69) is 237 Å². The van der Waals surface area contributed by atoms with Crippen LogP contribution in [0.1, 0.15) is 0 Å². The highest BCUT2D eigenvalue weighted by atomic mass is 14.9. The van der Waals surface area contributed by atoms with Gasteiger partial charge in [-0.05, 0) is 118 Å². The van der Waals surface area contributed by atoms with Gasteiger partial charge in [0, 0.05) is 16.7 Å². The average molecular weight is 813 g/mol. The molecule has 0 fully saturated rings. The number of aromatic nitrogens is 2. The molecule has 12 aromatic rings. The molecule has 0 N–H and O–H groups in total. The smallest absolute Gasteiger partial charge is 0.160 e. The van der Waals surface area contributed by atoms with Crippen LogP contribution in [0.4, 0.5) is 0 Å². The molecule has 64 heavy (non-hydrogen) atoms. The van der Waals surface area contributed by atoms with Crippen molar-refractivity contribution >= 4 is 43.1 Å². The molecule has 2 nitrogen and oxygen atoms in total. The number of rotatable bonds is 7. The van der Waals surface area contributed by atoms with Crippen molar-refractivity contribution in [2.24, 2.45) is 0 Å². The SMILES string of the molecule is c1ccc(-c2ccc(-c3cc(-c4cccc(-c5ccccc5)c4)nc(-c4ccc(-c5ccc6cc(-c7c8ccccc8cc8c7ccc7ccccc78)ccc6c5)cc4)n3)cc2)cc1. The van der Waals surface area contributed by atoms with Crippen molar-refractivity contribution in [3.05, 3.63) is 243 Å². The van der Waals surface area contributed by atoms with E-state index in [-0.39, 0.29) is 0 Å². The second kappa shape index (κ2) is 15.8. The lowest BCUT2D eigenvalue weighted by molar-refractivity contribution is 1.18. The third kappa shape index (κ3) is 6.88. The minimum absolute atomic E-state index is 0.691. The second-order valence-corrected chi connectivity index (χ2v) is 16.6. The second-order valence-electron chi connectivity index (χ2n) is 16.6. The molecule has 0 aliphatic carbocycles. The Bertz CT molecular complexity index is 3690. The molecule has 12 rings (SSSR count). The van der Waals surface area contributed by atoms with Crippen LogP contribution >= 0.6 is 0 Å². The number of fused-ring (bicyclic) bond motifs is 5. The summed E-state index contributed by atoms with van der Waals surface area (Å²) < 4.78 is 0. The van der Waals surface area contributed by atoms with E-state index in [9.17, 15) is 0 Å². The first-order valence-corrected chi connectivity index (χ1v) is 21.9. The molecule has 0 aliphatic heterocycles. The molecule has 1 heterocycles. The Morgan fingerprint density at radius 3 is 1.41 bits per heavy atom. The summed E-state index contributed by atoms with van der Waals surface area (Å²) in [6.07, 6.45) is 0. The highest BCUT2D eigenvalue weighted by molar-refractivity contribution is 6.20. The Kier molecular flexibility index (Phi) is 9.20. The maximum absolute atomic E-state index is 5.22. The van der Waals surface area contributed by atoms with Crippen LogP contribution in [0.3, 0.4) is 0 Å². The molecular weight excluding hydrogens is 773 g/mol. The van der Waals surface area contributed by atoms with Crippen LogP contribution in [0.25, 0.3) is 122 Å². The molecule has 1 aromatic heterocycles. The first-order valence-electron chi connectivity index (χ1n) is 21.9. The van der Waals surface area contributed by atoms with Gasteiger partial charge >= 0.3 is 0 Å². The lowest BCUT2D eigenvalue weighted by Gasteiger charge is -2.15. The van der Waals surface area contributed by atoms with E-state index >= 15 is 0 Å². The van der Waals surface area contributed by atoms with Gasteiger partial charge in [-0.2, -0.15) is 0 Å². The third-order valence-electron chi connectivity index (χ3n) is 12.7. The van der Waals surface area contributed by atoms with Crippen molar-refractivity contribution in [1.82, 2.24) is 9.97 Å². The number of hydrogen-bond donors (Lipinski definition) is 0. The van der Waals surface area contributed by atoms with Crippen LogP contribution in [0, 0.1) is 0 Å². The van der Waals surface area contributed by atoms with E-state index in [1.165, 1.54) is 76.5 Å². The summed E-state index contributed by atoms with van der Waals surface area (Å²) in [5.74, 6) is 0.691. The van der Waals surface area contributed by atoms with Gasteiger partial charge in [-0.1, -0.05) is 212 Å². The molecule has 0 aliphatic rings. The highest BCUT2D eigenvalue weighted by Crippen LogP contribution is 2.41. The summed E-state index contributed by atoms with van der Waals surface area (Å²) in [4.78, 5) is 10.4. The fraction of sp³-hybridized carbons (Fsp3) is 0. The van der Waals surface area contributed by atoms with E-state index in [1.54, 1.807) is 0 Å². The Hall–Kier alpha value is -8.46. The quantitative estimate of drug-likeness (QED) is 0.118. The van der Waals surface area contributed by atoms with Gasteiger partial charge in [-0.15, -0.1) is 0 Å². The third-order valence-corrected chi connectivity index (χ3v) is 12.7. The molecule has 2 heteroatoms. The molecule has 0 saturated heterocycles. The van der Waals surface area contributed by atoms with Crippen LogP contribution < -0.4 is 0 Å². The fourth-order valence-corrected chi connectivity index (χ4v) is 9.35. The van der Waals surface area contributed by atoms with Crippen LogP contribution in [-0.2, 0) is 0 Å². The van der Waals surface area contributed by atoms with Gasteiger partial charge in [0.1, 0.15) is 0 Å². The normalized spacial score (nSPS) is 11.4. The number of nitrogens with zero attached hydrogens (tertiary/aromatic N) is 2. The zero-order chi connectivity index (χ0) is 42.4. The molecule has 0 atom stereocenters. The summed E-state index contributed by atoms with van der Waals surface area (Å²) in [6, 6.07) is 87.2. The van der Waals surface area contributed by atoms with E-state index in [1.807, 2.05) is 6.07 Å². The molecular formula is C62H40N2. The van der Waals surface area contributed by atoms with E-state index in [0.717, 1.165) is 39.2 Å².